The lowest BCUT2D eigenvalue weighted by Crippen LogP contribution is -2.65. The van der Waals surface area contributed by atoms with Crippen molar-refractivity contribution in [2.75, 3.05) is 19.0 Å². The number of fused-ring (bicyclic) bond motifs is 3. The Hall–Kier alpha value is -2.89. The first-order valence-electron chi connectivity index (χ1n) is 12.0. The van der Waals surface area contributed by atoms with Gasteiger partial charge in [-0.1, -0.05) is 0 Å². The minimum atomic E-state index is -4.31. The average molecular weight is 542 g/mol. The molecule has 0 radical (unpaired) electrons. The molecule has 2 heterocycles. The van der Waals surface area contributed by atoms with Gasteiger partial charge < -0.3 is 19.9 Å². The van der Waals surface area contributed by atoms with Crippen LogP contribution in [0.3, 0.4) is 0 Å². The minimum absolute atomic E-state index is 0.00859. The lowest BCUT2D eigenvalue weighted by molar-refractivity contribution is 0.0138. The number of imide groups is 1. The van der Waals surface area contributed by atoms with Gasteiger partial charge in [0.1, 0.15) is 39.7 Å². The van der Waals surface area contributed by atoms with Crippen LogP contribution in [0.1, 0.15) is 67.4 Å². The van der Waals surface area contributed by atoms with Crippen molar-refractivity contribution >= 4 is 33.5 Å². The summed E-state index contributed by atoms with van der Waals surface area (Å²) in [7, 11) is -4.31. The quantitative estimate of drug-likeness (QED) is 0.518. The number of nitrogens with two attached hydrogens (primary N) is 1. The van der Waals surface area contributed by atoms with Crippen molar-refractivity contribution < 1.29 is 36.6 Å². The second-order valence-electron chi connectivity index (χ2n) is 11.7. The Kier molecular flexibility index (Phi) is 7.09. The van der Waals surface area contributed by atoms with E-state index in [0.717, 1.165) is 0 Å². The SMILES string of the molecule is CC(C)(C)OC(=O)N(C(=O)OC(C)(C)C)C1=NC2(CF)c3cc(N)ccc3OCCC2S(=O)(=O)C1(C)C. The Morgan fingerprint density at radius 2 is 1.68 bits per heavy atom. The maximum absolute atomic E-state index is 15.3. The van der Waals surface area contributed by atoms with Crippen molar-refractivity contribution in [3.63, 3.8) is 0 Å². The molecule has 3 rings (SSSR count). The van der Waals surface area contributed by atoms with Crippen LogP contribution in [0, 0.1) is 0 Å². The molecule has 0 aliphatic carbocycles. The first-order valence-corrected chi connectivity index (χ1v) is 13.5. The number of benzene rings is 1. The van der Waals surface area contributed by atoms with Crippen LogP contribution in [0.15, 0.2) is 23.2 Å². The topological polar surface area (TPSA) is 138 Å². The number of amidine groups is 1. The van der Waals surface area contributed by atoms with Gasteiger partial charge in [0, 0.05) is 17.7 Å². The van der Waals surface area contributed by atoms with Gasteiger partial charge in [0.15, 0.2) is 9.84 Å². The fraction of sp³-hybridized carbons (Fsp3) is 0.640. The maximum atomic E-state index is 15.3. The van der Waals surface area contributed by atoms with Gasteiger partial charge in [-0.2, -0.15) is 4.90 Å². The maximum Gasteiger partial charge on any atom is 0.425 e. The van der Waals surface area contributed by atoms with Crippen molar-refractivity contribution in [1.29, 1.82) is 0 Å². The van der Waals surface area contributed by atoms with Crippen LogP contribution in [0.25, 0.3) is 0 Å². The number of sulfone groups is 1. The summed E-state index contributed by atoms with van der Waals surface area (Å²) in [5.74, 6) is -0.298. The van der Waals surface area contributed by atoms with E-state index in [1.165, 1.54) is 26.0 Å². The Morgan fingerprint density at radius 1 is 1.14 bits per heavy atom. The Balaban J connectivity index is 2.39. The zero-order chi connectivity index (χ0) is 28.2. The van der Waals surface area contributed by atoms with Crippen LogP contribution >= 0.6 is 0 Å². The molecule has 2 atom stereocenters. The molecule has 1 aromatic carbocycles. The van der Waals surface area contributed by atoms with Crippen LogP contribution in [0.4, 0.5) is 19.7 Å². The van der Waals surface area contributed by atoms with Gasteiger partial charge in [-0.25, -0.2) is 22.4 Å². The van der Waals surface area contributed by atoms with E-state index in [4.69, 9.17) is 19.9 Å². The normalized spacial score (nSPS) is 24.4. The zero-order valence-electron chi connectivity index (χ0n) is 22.5. The number of aliphatic imine (C=N–C) groups is 1. The van der Waals surface area contributed by atoms with E-state index in [0.29, 0.717) is 4.90 Å². The third-order valence-electron chi connectivity index (χ3n) is 6.14. The summed E-state index contributed by atoms with van der Waals surface area (Å²) >= 11 is 0. The number of carbonyl (C=O) groups excluding carboxylic acids is 2. The van der Waals surface area contributed by atoms with Crippen molar-refractivity contribution in [2.24, 2.45) is 4.99 Å². The molecule has 0 saturated heterocycles. The van der Waals surface area contributed by atoms with Crippen molar-refractivity contribution in [2.45, 2.75) is 88.5 Å². The molecule has 2 N–H and O–H groups in total. The van der Waals surface area contributed by atoms with E-state index in [1.807, 2.05) is 0 Å². The summed E-state index contributed by atoms with van der Waals surface area (Å²) in [4.78, 5) is 31.8. The molecular formula is C25H36FN3O7S. The second-order valence-corrected chi connectivity index (χ2v) is 14.4. The average Bonchev–Trinajstić information content (AvgIpc) is 2.87. The van der Waals surface area contributed by atoms with Gasteiger partial charge in [0.25, 0.3) is 0 Å². The number of nitrogen functional groups attached to an aromatic ring is 1. The molecule has 37 heavy (non-hydrogen) atoms. The van der Waals surface area contributed by atoms with Gasteiger partial charge in [0.05, 0.1) is 11.9 Å². The molecule has 0 spiro atoms. The van der Waals surface area contributed by atoms with Crippen LogP contribution in [-0.4, -0.2) is 65.8 Å². The monoisotopic (exact) mass is 541 g/mol. The Bertz CT molecular complexity index is 1200. The molecular weight excluding hydrogens is 505 g/mol. The number of amides is 2. The molecule has 2 amide bonds. The molecule has 1 aromatic rings. The highest BCUT2D eigenvalue weighted by Gasteiger charge is 2.63. The number of nitrogens with zero attached hydrogens (tertiary/aromatic N) is 2. The lowest BCUT2D eigenvalue weighted by Gasteiger charge is -2.46. The summed E-state index contributed by atoms with van der Waals surface area (Å²) in [5.41, 5.74) is 2.21. The number of ether oxygens (including phenoxy) is 3. The highest BCUT2D eigenvalue weighted by Crippen LogP contribution is 2.50. The number of halogens is 1. The summed E-state index contributed by atoms with van der Waals surface area (Å²) in [5, 5.41) is -1.36. The molecule has 0 fully saturated rings. The van der Waals surface area contributed by atoms with E-state index in [2.05, 4.69) is 4.99 Å². The molecule has 2 unspecified atom stereocenters. The van der Waals surface area contributed by atoms with E-state index >= 15 is 4.39 Å². The van der Waals surface area contributed by atoms with Crippen molar-refractivity contribution in [3.8, 4) is 5.75 Å². The van der Waals surface area contributed by atoms with Gasteiger partial charge in [-0.05, 0) is 73.6 Å². The number of anilines is 1. The van der Waals surface area contributed by atoms with E-state index in [9.17, 15) is 18.0 Å². The van der Waals surface area contributed by atoms with Crippen molar-refractivity contribution in [1.82, 2.24) is 4.90 Å². The van der Waals surface area contributed by atoms with Gasteiger partial charge in [-0.3, -0.25) is 4.99 Å². The van der Waals surface area contributed by atoms with Crippen LogP contribution in [0.5, 0.6) is 5.75 Å². The predicted molar refractivity (Wildman–Crippen MR) is 137 cm³/mol. The minimum Gasteiger partial charge on any atom is -0.493 e. The summed E-state index contributed by atoms with van der Waals surface area (Å²) in [6.07, 6.45) is -2.47. The van der Waals surface area contributed by atoms with E-state index < -0.39 is 61.3 Å². The number of carbonyl (C=O) groups is 2. The van der Waals surface area contributed by atoms with Gasteiger partial charge in [-0.15, -0.1) is 0 Å². The molecule has 206 valence electrons. The van der Waals surface area contributed by atoms with Crippen molar-refractivity contribution in [3.05, 3.63) is 23.8 Å². The number of rotatable bonds is 1. The summed E-state index contributed by atoms with van der Waals surface area (Å²) in [6, 6.07) is 4.48. The standard InChI is InChI=1S/C25H36FN3O7S/c1-22(2,3)35-20(30)29(21(31)36-23(4,5)6)19-24(7,8)37(32,33)18-11-12-34-17-10-9-15(27)13-16(17)25(18,14-26)28-19/h9-10,13,18H,11-12,14,27H2,1-8H3. The highest BCUT2D eigenvalue weighted by atomic mass is 32.2. The molecule has 0 bridgehead atoms. The van der Waals surface area contributed by atoms with Gasteiger partial charge in [0.2, 0.25) is 0 Å². The molecule has 0 saturated carbocycles. The summed E-state index contributed by atoms with van der Waals surface area (Å²) < 4.78 is 58.3. The van der Waals surface area contributed by atoms with Crippen LogP contribution in [0.2, 0.25) is 0 Å². The number of alkyl halides is 1. The number of hydrogen-bond donors (Lipinski definition) is 1. The van der Waals surface area contributed by atoms with Crippen LogP contribution in [-0.2, 0) is 24.8 Å². The third kappa shape index (κ3) is 5.12. The summed E-state index contributed by atoms with van der Waals surface area (Å²) in [6.45, 7) is 10.9. The molecule has 0 aromatic heterocycles. The number of hydrogen-bond acceptors (Lipinski definition) is 9. The Morgan fingerprint density at radius 3 is 2.16 bits per heavy atom. The predicted octanol–water partition coefficient (Wildman–Crippen LogP) is 4.36. The molecule has 12 heteroatoms. The zero-order valence-corrected chi connectivity index (χ0v) is 23.4. The molecule has 10 nitrogen and oxygen atoms in total. The van der Waals surface area contributed by atoms with Gasteiger partial charge >= 0.3 is 12.2 Å². The first kappa shape index (κ1) is 28.7. The Labute approximate surface area is 217 Å². The molecule has 2 aliphatic heterocycles. The highest BCUT2D eigenvalue weighted by molar-refractivity contribution is 7.94. The second kappa shape index (κ2) is 9.14. The first-order chi connectivity index (χ1) is 16.8. The smallest absolute Gasteiger partial charge is 0.425 e. The van der Waals surface area contributed by atoms with E-state index in [-0.39, 0.29) is 30.0 Å². The van der Waals surface area contributed by atoms with Crippen LogP contribution < -0.4 is 10.5 Å². The van der Waals surface area contributed by atoms with E-state index in [1.54, 1.807) is 47.6 Å². The third-order valence-corrected chi connectivity index (χ3v) is 9.12. The largest absolute Gasteiger partial charge is 0.493 e. The fourth-order valence-corrected chi connectivity index (χ4v) is 6.69. The molecule has 2 aliphatic rings. The lowest BCUT2D eigenvalue weighted by atomic mass is 9.85. The fourth-order valence-electron chi connectivity index (χ4n) is 4.42.